The van der Waals surface area contributed by atoms with Gasteiger partial charge in [0.05, 0.1) is 0 Å². The van der Waals surface area contributed by atoms with Crippen LogP contribution >= 0.6 is 0 Å². The van der Waals surface area contributed by atoms with Gasteiger partial charge in [0.2, 0.25) is 0 Å². The summed E-state index contributed by atoms with van der Waals surface area (Å²) in [7, 11) is 5.74. The van der Waals surface area contributed by atoms with Gasteiger partial charge in [-0.3, -0.25) is 0 Å². The molecule has 3 N–H and O–H groups in total. The number of rotatable bonds is 3. The fourth-order valence-corrected chi connectivity index (χ4v) is 2.97. The normalized spacial score (nSPS) is 9.88. The summed E-state index contributed by atoms with van der Waals surface area (Å²) in [5, 5.41) is 14.7. The van der Waals surface area contributed by atoms with Crippen LogP contribution in [0.1, 0.15) is 0 Å². The minimum atomic E-state index is 0. The molecule has 0 radical (unpaired) electrons. The molecular weight excluding hydrogens is 385 g/mol. The summed E-state index contributed by atoms with van der Waals surface area (Å²) in [6, 6.07) is 23.4. The van der Waals surface area contributed by atoms with Crippen molar-refractivity contribution >= 4 is 38.6 Å². The second-order valence-corrected chi connectivity index (χ2v) is 5.64. The van der Waals surface area contributed by atoms with Crippen LogP contribution in [0, 0.1) is 0 Å². The molecule has 126 valence electrons. The Bertz CT molecular complexity index is 865. The van der Waals surface area contributed by atoms with Crippen molar-refractivity contribution in [3.05, 3.63) is 66.7 Å². The number of hydrogen-bond acceptors (Lipinski definition) is 3. The summed E-state index contributed by atoms with van der Waals surface area (Å²) in [6.07, 6.45) is 0. The van der Waals surface area contributed by atoms with Crippen molar-refractivity contribution in [3.8, 4) is 0 Å². The molecule has 0 atom stereocenters. The first-order chi connectivity index (χ1) is 11.8. The van der Waals surface area contributed by atoms with Gasteiger partial charge in [-0.1, -0.05) is 53.5 Å². The zero-order valence-electron chi connectivity index (χ0n) is 14.9. The van der Waals surface area contributed by atoms with E-state index in [1.54, 1.807) is 0 Å². The zero-order chi connectivity index (χ0) is 16.9. The molecule has 0 heterocycles. The van der Waals surface area contributed by atoms with E-state index < -0.39 is 0 Å². The first kappa shape index (κ1) is 19.3. The number of benzene rings is 2. The molecule has 0 unspecified atom stereocenters. The third-order valence-corrected chi connectivity index (χ3v) is 4.24. The van der Waals surface area contributed by atoms with Gasteiger partial charge >= 0.3 is 26.2 Å². The third-order valence-electron chi connectivity index (χ3n) is 4.24. The standard InChI is InChI=1S/C13H9.C8H14N3.Zr/c1-3-7-12-10(5-1)9-11-6-2-4-8-13(11)12;1-9-6-4-7(10-2)8(5-6)11-3;/h1-9H;4-5,9-11H,1-3H3;/q2*-1;+2. The Morgan fingerprint density at radius 2 is 1.24 bits per heavy atom. The van der Waals surface area contributed by atoms with Gasteiger partial charge in [0.1, 0.15) is 0 Å². The van der Waals surface area contributed by atoms with Crippen LogP contribution in [0.2, 0.25) is 0 Å². The van der Waals surface area contributed by atoms with Gasteiger partial charge in [-0.05, 0) is 7.05 Å². The topological polar surface area (TPSA) is 36.1 Å². The largest absolute Gasteiger partial charge is 2.00 e. The minimum Gasteiger partial charge on any atom is -0.447 e. The van der Waals surface area contributed by atoms with Crippen LogP contribution in [0.15, 0.2) is 66.7 Å². The van der Waals surface area contributed by atoms with Crippen LogP contribution in [0.4, 0.5) is 17.1 Å². The summed E-state index contributed by atoms with van der Waals surface area (Å²) in [6.45, 7) is 0. The minimum absolute atomic E-state index is 0. The Morgan fingerprint density at radius 3 is 1.68 bits per heavy atom. The molecule has 4 rings (SSSR count). The number of hydrogen-bond donors (Lipinski definition) is 3. The third kappa shape index (κ3) is 4.13. The maximum absolute atomic E-state index is 3.10. The van der Waals surface area contributed by atoms with Crippen LogP contribution in [0.25, 0.3) is 21.5 Å². The van der Waals surface area contributed by atoms with E-state index in [9.17, 15) is 0 Å². The fourth-order valence-electron chi connectivity index (χ4n) is 2.97. The second-order valence-electron chi connectivity index (χ2n) is 5.64. The summed E-state index contributed by atoms with van der Waals surface area (Å²) in [4.78, 5) is 0. The average molecular weight is 409 g/mol. The van der Waals surface area contributed by atoms with E-state index in [2.05, 4.69) is 82.7 Å². The van der Waals surface area contributed by atoms with Crippen molar-refractivity contribution in [2.75, 3.05) is 37.1 Å². The molecule has 25 heavy (non-hydrogen) atoms. The Balaban J connectivity index is 0.000000176. The van der Waals surface area contributed by atoms with Crippen LogP contribution < -0.4 is 16.0 Å². The van der Waals surface area contributed by atoms with Gasteiger partial charge in [-0.25, -0.2) is 0 Å². The second kappa shape index (κ2) is 8.87. The molecular formula is C21H23N3Zr. The summed E-state index contributed by atoms with van der Waals surface area (Å²) in [5.74, 6) is 0. The smallest absolute Gasteiger partial charge is 0.447 e. The molecule has 0 aliphatic rings. The first-order valence-corrected chi connectivity index (χ1v) is 8.14. The van der Waals surface area contributed by atoms with Gasteiger partial charge in [0, 0.05) is 14.1 Å². The van der Waals surface area contributed by atoms with Crippen LogP contribution in [0.3, 0.4) is 0 Å². The first-order valence-electron chi connectivity index (χ1n) is 8.14. The van der Waals surface area contributed by atoms with Gasteiger partial charge in [-0.2, -0.15) is 6.07 Å². The number of nitrogens with one attached hydrogen (secondary N) is 3. The summed E-state index contributed by atoms with van der Waals surface area (Å²) in [5.41, 5.74) is 3.37. The van der Waals surface area contributed by atoms with Crippen molar-refractivity contribution in [3.63, 3.8) is 0 Å². The van der Waals surface area contributed by atoms with E-state index in [1.807, 2.05) is 21.1 Å². The molecule has 4 aromatic rings. The predicted molar refractivity (Wildman–Crippen MR) is 108 cm³/mol. The molecule has 3 nitrogen and oxygen atoms in total. The predicted octanol–water partition coefficient (Wildman–Crippen LogP) is 5.24. The fraction of sp³-hybridized carbons (Fsp3) is 0.143. The molecule has 0 aliphatic heterocycles. The van der Waals surface area contributed by atoms with E-state index >= 15 is 0 Å². The molecule has 0 saturated heterocycles. The monoisotopic (exact) mass is 407 g/mol. The number of anilines is 3. The average Bonchev–Trinajstić information content (AvgIpc) is 3.22. The summed E-state index contributed by atoms with van der Waals surface area (Å²) < 4.78 is 0. The molecule has 4 aromatic carbocycles. The SMILES string of the molecule is CNc1cc(NC)c(NC)[cH-]1.[Zr+2].c1ccc2c(c1)[cH-]c1ccccc12. The maximum atomic E-state index is 3.10. The Labute approximate surface area is 168 Å². The van der Waals surface area contributed by atoms with Gasteiger partial charge in [0.15, 0.2) is 0 Å². The van der Waals surface area contributed by atoms with Crippen LogP contribution in [-0.4, -0.2) is 21.1 Å². The number of fused-ring (bicyclic) bond motifs is 3. The van der Waals surface area contributed by atoms with E-state index in [-0.39, 0.29) is 26.2 Å². The van der Waals surface area contributed by atoms with Crippen LogP contribution in [0.5, 0.6) is 0 Å². The van der Waals surface area contributed by atoms with Crippen LogP contribution in [-0.2, 0) is 26.2 Å². The zero-order valence-corrected chi connectivity index (χ0v) is 17.3. The van der Waals surface area contributed by atoms with Crippen molar-refractivity contribution in [2.24, 2.45) is 0 Å². The van der Waals surface area contributed by atoms with E-state index in [0.717, 1.165) is 17.1 Å². The molecule has 0 aliphatic carbocycles. The molecule has 0 saturated carbocycles. The van der Waals surface area contributed by atoms with Gasteiger partial charge < -0.3 is 16.0 Å². The van der Waals surface area contributed by atoms with Gasteiger partial charge in [0.25, 0.3) is 0 Å². The van der Waals surface area contributed by atoms with Crippen molar-refractivity contribution in [1.29, 1.82) is 0 Å². The van der Waals surface area contributed by atoms with Crippen molar-refractivity contribution in [1.82, 2.24) is 0 Å². The Morgan fingerprint density at radius 1 is 0.680 bits per heavy atom. The molecule has 0 aromatic heterocycles. The summed E-state index contributed by atoms with van der Waals surface area (Å²) >= 11 is 0. The molecule has 0 fully saturated rings. The molecule has 0 spiro atoms. The Hall–Kier alpha value is -2.06. The van der Waals surface area contributed by atoms with Crippen molar-refractivity contribution < 1.29 is 26.2 Å². The molecule has 0 amide bonds. The van der Waals surface area contributed by atoms with E-state index in [4.69, 9.17) is 0 Å². The van der Waals surface area contributed by atoms with E-state index in [1.165, 1.54) is 21.5 Å². The molecule has 0 bridgehead atoms. The van der Waals surface area contributed by atoms with Crippen molar-refractivity contribution in [2.45, 2.75) is 0 Å². The van der Waals surface area contributed by atoms with Gasteiger partial charge in [-0.15, -0.1) is 45.8 Å². The van der Waals surface area contributed by atoms with E-state index in [0.29, 0.717) is 0 Å². The maximum Gasteiger partial charge on any atom is 2.00 e. The molecule has 4 heteroatoms. The Kier molecular flexibility index (Phi) is 6.84. The quantitative estimate of drug-likeness (QED) is 0.406.